The van der Waals surface area contributed by atoms with Crippen LogP contribution in [0.1, 0.15) is 45.4 Å². The monoisotopic (exact) mass is 215 g/mol. The molecular formula is C12H29N3. The summed E-state index contributed by atoms with van der Waals surface area (Å²) in [6, 6.07) is 0. The van der Waals surface area contributed by atoms with Crippen molar-refractivity contribution in [3.05, 3.63) is 0 Å². The molecule has 92 valence electrons. The normalized spacial score (nSPS) is 10.8. The summed E-state index contributed by atoms with van der Waals surface area (Å²) in [4.78, 5) is 0. The van der Waals surface area contributed by atoms with Gasteiger partial charge in [-0.3, -0.25) is 0 Å². The summed E-state index contributed by atoms with van der Waals surface area (Å²) in [5.74, 6) is 0. The summed E-state index contributed by atoms with van der Waals surface area (Å²) in [6.45, 7) is 7.18. The highest BCUT2D eigenvalue weighted by Crippen LogP contribution is 2.03. The fraction of sp³-hybridized carbons (Fsp3) is 1.00. The topological polar surface area (TPSA) is 50.1 Å². The second-order valence-corrected chi connectivity index (χ2v) is 4.06. The average molecular weight is 215 g/mol. The standard InChI is InChI=1S/C12H29N3/c1-2-3-4-5-6-7-9-14-11-12-15-10-8-13/h14-15H,2-13H2,1H3. The van der Waals surface area contributed by atoms with Gasteiger partial charge in [-0.2, -0.15) is 0 Å². The Bertz CT molecular complexity index is 95.0. The molecule has 0 spiro atoms. The van der Waals surface area contributed by atoms with E-state index in [1.54, 1.807) is 0 Å². The lowest BCUT2D eigenvalue weighted by Gasteiger charge is -2.05. The Morgan fingerprint density at radius 1 is 0.733 bits per heavy atom. The molecule has 0 atom stereocenters. The third kappa shape index (κ3) is 13.9. The van der Waals surface area contributed by atoms with Crippen molar-refractivity contribution in [1.29, 1.82) is 0 Å². The maximum absolute atomic E-state index is 5.37. The molecule has 3 heteroatoms. The molecule has 0 aliphatic heterocycles. The largest absolute Gasteiger partial charge is 0.329 e. The number of rotatable bonds is 12. The maximum Gasteiger partial charge on any atom is 0.00772 e. The van der Waals surface area contributed by atoms with E-state index >= 15 is 0 Å². The summed E-state index contributed by atoms with van der Waals surface area (Å²) in [5, 5.41) is 6.70. The van der Waals surface area contributed by atoms with Crippen LogP contribution in [0.15, 0.2) is 0 Å². The van der Waals surface area contributed by atoms with Gasteiger partial charge in [0, 0.05) is 26.2 Å². The van der Waals surface area contributed by atoms with Gasteiger partial charge in [-0.05, 0) is 13.0 Å². The van der Waals surface area contributed by atoms with Crippen molar-refractivity contribution >= 4 is 0 Å². The van der Waals surface area contributed by atoms with Gasteiger partial charge in [0.1, 0.15) is 0 Å². The molecule has 0 amide bonds. The van der Waals surface area contributed by atoms with Gasteiger partial charge >= 0.3 is 0 Å². The molecule has 15 heavy (non-hydrogen) atoms. The second-order valence-electron chi connectivity index (χ2n) is 4.06. The van der Waals surface area contributed by atoms with E-state index in [-0.39, 0.29) is 0 Å². The fourth-order valence-corrected chi connectivity index (χ4v) is 1.56. The van der Waals surface area contributed by atoms with E-state index < -0.39 is 0 Å². The van der Waals surface area contributed by atoms with Gasteiger partial charge in [-0.1, -0.05) is 39.0 Å². The van der Waals surface area contributed by atoms with Gasteiger partial charge < -0.3 is 16.4 Å². The molecule has 0 saturated carbocycles. The van der Waals surface area contributed by atoms with Crippen LogP contribution >= 0.6 is 0 Å². The second kappa shape index (κ2) is 13.9. The van der Waals surface area contributed by atoms with Crippen molar-refractivity contribution in [2.24, 2.45) is 5.73 Å². The summed E-state index contributed by atoms with van der Waals surface area (Å²) >= 11 is 0. The van der Waals surface area contributed by atoms with E-state index in [9.17, 15) is 0 Å². The summed E-state index contributed by atoms with van der Waals surface area (Å²) in [5.41, 5.74) is 5.37. The van der Waals surface area contributed by atoms with Crippen molar-refractivity contribution in [1.82, 2.24) is 10.6 Å². The first-order chi connectivity index (χ1) is 7.41. The van der Waals surface area contributed by atoms with Crippen molar-refractivity contribution in [3.8, 4) is 0 Å². The van der Waals surface area contributed by atoms with Crippen molar-refractivity contribution < 1.29 is 0 Å². The Hall–Kier alpha value is -0.120. The molecule has 0 aromatic rings. The molecule has 0 bridgehead atoms. The van der Waals surface area contributed by atoms with Crippen LogP contribution in [0.2, 0.25) is 0 Å². The van der Waals surface area contributed by atoms with E-state index in [1.165, 1.54) is 38.5 Å². The summed E-state index contributed by atoms with van der Waals surface area (Å²) in [6.07, 6.45) is 8.25. The summed E-state index contributed by atoms with van der Waals surface area (Å²) < 4.78 is 0. The van der Waals surface area contributed by atoms with E-state index in [4.69, 9.17) is 5.73 Å². The first kappa shape index (κ1) is 14.9. The Morgan fingerprint density at radius 3 is 2.00 bits per heavy atom. The third-order valence-corrected chi connectivity index (χ3v) is 2.51. The zero-order valence-electron chi connectivity index (χ0n) is 10.4. The molecule has 0 saturated heterocycles. The third-order valence-electron chi connectivity index (χ3n) is 2.51. The highest BCUT2D eigenvalue weighted by molar-refractivity contribution is 4.53. The van der Waals surface area contributed by atoms with Gasteiger partial charge in [-0.25, -0.2) is 0 Å². The van der Waals surface area contributed by atoms with Crippen LogP contribution < -0.4 is 16.4 Å². The fourth-order valence-electron chi connectivity index (χ4n) is 1.56. The van der Waals surface area contributed by atoms with Gasteiger partial charge in [-0.15, -0.1) is 0 Å². The van der Waals surface area contributed by atoms with Gasteiger partial charge in [0.05, 0.1) is 0 Å². The SMILES string of the molecule is CCCCCCCCNCCNCCN. The Labute approximate surface area is 95.2 Å². The molecule has 0 heterocycles. The molecule has 3 nitrogen and oxygen atoms in total. The molecule has 0 aromatic carbocycles. The predicted octanol–water partition coefficient (Wildman–Crippen LogP) is 1.48. The van der Waals surface area contributed by atoms with Crippen molar-refractivity contribution in [2.45, 2.75) is 45.4 Å². The van der Waals surface area contributed by atoms with Crippen LogP contribution in [0.5, 0.6) is 0 Å². The molecule has 0 rings (SSSR count). The molecule has 0 aromatic heterocycles. The van der Waals surface area contributed by atoms with Gasteiger partial charge in [0.25, 0.3) is 0 Å². The predicted molar refractivity (Wildman–Crippen MR) is 68.2 cm³/mol. The minimum atomic E-state index is 0.734. The Balaban J connectivity index is 2.81. The molecule has 0 aliphatic rings. The molecule has 0 fully saturated rings. The Morgan fingerprint density at radius 2 is 1.33 bits per heavy atom. The van der Waals surface area contributed by atoms with Gasteiger partial charge in [0.2, 0.25) is 0 Å². The zero-order valence-corrected chi connectivity index (χ0v) is 10.4. The van der Waals surface area contributed by atoms with E-state index in [2.05, 4.69) is 17.6 Å². The number of hydrogen-bond acceptors (Lipinski definition) is 3. The van der Waals surface area contributed by atoms with Crippen LogP contribution in [0.3, 0.4) is 0 Å². The maximum atomic E-state index is 5.37. The van der Waals surface area contributed by atoms with Crippen molar-refractivity contribution in [3.63, 3.8) is 0 Å². The minimum Gasteiger partial charge on any atom is -0.329 e. The lowest BCUT2D eigenvalue weighted by atomic mass is 10.1. The number of unbranched alkanes of at least 4 members (excludes halogenated alkanes) is 5. The first-order valence-electron chi connectivity index (χ1n) is 6.53. The quantitative estimate of drug-likeness (QED) is 0.432. The highest BCUT2D eigenvalue weighted by atomic mass is 14.9. The zero-order chi connectivity index (χ0) is 11.2. The molecule has 0 radical (unpaired) electrons. The molecule has 0 unspecified atom stereocenters. The average Bonchev–Trinajstić information content (AvgIpc) is 2.26. The molecule has 0 aliphatic carbocycles. The molecular weight excluding hydrogens is 186 g/mol. The molecule has 4 N–H and O–H groups in total. The van der Waals surface area contributed by atoms with Crippen LogP contribution in [-0.2, 0) is 0 Å². The number of nitrogens with two attached hydrogens (primary N) is 1. The highest BCUT2D eigenvalue weighted by Gasteiger charge is 1.90. The number of hydrogen-bond donors (Lipinski definition) is 3. The van der Waals surface area contributed by atoms with Crippen LogP contribution in [0, 0.1) is 0 Å². The van der Waals surface area contributed by atoms with Crippen molar-refractivity contribution in [2.75, 3.05) is 32.7 Å². The lowest BCUT2D eigenvalue weighted by Crippen LogP contribution is -2.31. The minimum absolute atomic E-state index is 0.734. The Kier molecular flexibility index (Phi) is 13.8. The number of nitrogens with one attached hydrogen (secondary N) is 2. The van der Waals surface area contributed by atoms with E-state index in [1.807, 2.05) is 0 Å². The van der Waals surface area contributed by atoms with Gasteiger partial charge in [0.15, 0.2) is 0 Å². The first-order valence-corrected chi connectivity index (χ1v) is 6.53. The van der Waals surface area contributed by atoms with E-state index in [0.29, 0.717) is 0 Å². The van der Waals surface area contributed by atoms with Crippen LogP contribution in [-0.4, -0.2) is 32.7 Å². The summed E-state index contributed by atoms with van der Waals surface area (Å²) in [7, 11) is 0. The van der Waals surface area contributed by atoms with Crippen LogP contribution in [0.4, 0.5) is 0 Å². The smallest absolute Gasteiger partial charge is 0.00772 e. The van der Waals surface area contributed by atoms with Crippen LogP contribution in [0.25, 0.3) is 0 Å². The lowest BCUT2D eigenvalue weighted by molar-refractivity contribution is 0.559. The van der Waals surface area contributed by atoms with E-state index in [0.717, 1.165) is 32.7 Å².